The van der Waals surface area contributed by atoms with Gasteiger partial charge in [0.1, 0.15) is 0 Å². The minimum absolute atomic E-state index is 0.356. The maximum Gasteiger partial charge on any atom is 0.0265 e. The molecule has 0 amide bonds. The molecule has 0 N–H and O–H groups in total. The molecule has 2 unspecified atom stereocenters. The number of hydrogen-bond donors (Lipinski definition) is 0. The van der Waals surface area contributed by atoms with Gasteiger partial charge in [-0.3, -0.25) is 0 Å². The third-order valence-electron chi connectivity index (χ3n) is 4.28. The molecule has 1 aromatic rings. The van der Waals surface area contributed by atoms with Crippen LogP contribution in [0.1, 0.15) is 32.8 Å². The van der Waals surface area contributed by atoms with Gasteiger partial charge in [-0.15, -0.1) is 11.6 Å². The predicted molar refractivity (Wildman–Crippen MR) is 64.3 cm³/mol. The maximum absolute atomic E-state index is 6.07. The largest absolute Gasteiger partial charge is 0.152 e. The zero-order valence-electron chi connectivity index (χ0n) is 9.01. The maximum atomic E-state index is 6.07. The molecule has 0 bridgehead atoms. The Morgan fingerprint density at radius 1 is 1.50 bits per heavy atom. The highest BCUT2D eigenvalue weighted by Crippen LogP contribution is 2.71. The van der Waals surface area contributed by atoms with Gasteiger partial charge in [-0.2, -0.15) is 11.3 Å². The first kappa shape index (κ1) is 10.5. The molecule has 0 saturated heterocycles. The summed E-state index contributed by atoms with van der Waals surface area (Å²) in [6.45, 7) is 6.98. The van der Waals surface area contributed by atoms with Crippen molar-refractivity contribution in [2.75, 3.05) is 5.88 Å². The van der Waals surface area contributed by atoms with Gasteiger partial charge in [-0.1, -0.05) is 20.8 Å². The summed E-state index contributed by atoms with van der Waals surface area (Å²) in [6, 6.07) is 2.27. The molecular formula is C12H17ClS. The van der Waals surface area contributed by atoms with Crippen LogP contribution in [0.4, 0.5) is 0 Å². The molecule has 0 aliphatic heterocycles. The van der Waals surface area contributed by atoms with E-state index in [0.29, 0.717) is 16.7 Å². The van der Waals surface area contributed by atoms with E-state index < -0.39 is 0 Å². The topological polar surface area (TPSA) is 0 Å². The minimum atomic E-state index is 0.356. The quantitative estimate of drug-likeness (QED) is 0.677. The second-order valence-corrected chi connectivity index (χ2v) is 5.85. The summed E-state index contributed by atoms with van der Waals surface area (Å²) >= 11 is 7.86. The Morgan fingerprint density at radius 3 is 2.57 bits per heavy atom. The Kier molecular flexibility index (Phi) is 2.43. The first-order valence-electron chi connectivity index (χ1n) is 5.20. The van der Waals surface area contributed by atoms with Crippen molar-refractivity contribution in [3.05, 3.63) is 22.4 Å². The zero-order chi connectivity index (χ0) is 10.4. The van der Waals surface area contributed by atoms with Gasteiger partial charge in [-0.25, -0.2) is 0 Å². The highest BCUT2D eigenvalue weighted by atomic mass is 35.5. The third-order valence-corrected chi connectivity index (χ3v) is 5.27. The van der Waals surface area contributed by atoms with Crippen molar-refractivity contribution < 1.29 is 0 Å². The number of halogens is 1. The monoisotopic (exact) mass is 228 g/mol. The van der Waals surface area contributed by atoms with Gasteiger partial charge < -0.3 is 0 Å². The molecule has 1 fully saturated rings. The molecule has 2 rings (SSSR count). The van der Waals surface area contributed by atoms with E-state index in [9.17, 15) is 0 Å². The summed E-state index contributed by atoms with van der Waals surface area (Å²) in [5.41, 5.74) is 2.24. The van der Waals surface area contributed by atoms with Crippen LogP contribution in [0, 0.1) is 11.3 Å². The molecule has 1 aliphatic carbocycles. The van der Waals surface area contributed by atoms with Gasteiger partial charge in [0.2, 0.25) is 0 Å². The molecule has 0 radical (unpaired) electrons. The lowest BCUT2D eigenvalue weighted by Crippen LogP contribution is -2.12. The van der Waals surface area contributed by atoms with Crippen LogP contribution in [0.2, 0.25) is 0 Å². The Labute approximate surface area is 95.3 Å². The highest BCUT2D eigenvalue weighted by Gasteiger charge is 2.69. The lowest BCUT2D eigenvalue weighted by Gasteiger charge is -2.17. The number of alkyl halides is 1. The molecule has 0 nitrogen and oxygen atoms in total. The molecular weight excluding hydrogens is 212 g/mol. The number of rotatable bonds is 3. The van der Waals surface area contributed by atoms with E-state index in [2.05, 4.69) is 37.6 Å². The van der Waals surface area contributed by atoms with Crippen LogP contribution in [0.3, 0.4) is 0 Å². The standard InChI is InChI=1S/C12H17ClS/c1-4-12(9-5-6-14-8-9)10(7-13)11(12,2)3/h5-6,8,10H,4,7H2,1-3H3. The van der Waals surface area contributed by atoms with E-state index in [0.717, 1.165) is 5.88 Å². The van der Waals surface area contributed by atoms with E-state index in [1.165, 1.54) is 12.0 Å². The second-order valence-electron chi connectivity index (χ2n) is 4.77. The van der Waals surface area contributed by atoms with E-state index in [-0.39, 0.29) is 0 Å². The fraction of sp³-hybridized carbons (Fsp3) is 0.667. The van der Waals surface area contributed by atoms with Crippen LogP contribution >= 0.6 is 22.9 Å². The van der Waals surface area contributed by atoms with Gasteiger partial charge in [0.05, 0.1) is 0 Å². The summed E-state index contributed by atoms with van der Waals surface area (Å²) in [7, 11) is 0. The second kappa shape index (κ2) is 3.24. The molecule has 1 aromatic heterocycles. The molecule has 1 aliphatic rings. The van der Waals surface area contributed by atoms with E-state index in [1.807, 2.05) is 0 Å². The number of thiophene rings is 1. The normalized spacial score (nSPS) is 34.4. The molecule has 0 aromatic carbocycles. The van der Waals surface area contributed by atoms with Gasteiger partial charge in [0.15, 0.2) is 0 Å². The fourth-order valence-electron chi connectivity index (χ4n) is 3.29. The van der Waals surface area contributed by atoms with Crippen molar-refractivity contribution in [1.82, 2.24) is 0 Å². The van der Waals surface area contributed by atoms with Crippen LogP contribution in [-0.2, 0) is 5.41 Å². The third kappa shape index (κ3) is 1.06. The summed E-state index contributed by atoms with van der Waals surface area (Å²) in [4.78, 5) is 0. The van der Waals surface area contributed by atoms with Crippen molar-refractivity contribution >= 4 is 22.9 Å². The summed E-state index contributed by atoms with van der Waals surface area (Å²) in [5, 5.41) is 4.46. The Bertz CT molecular complexity index is 315. The molecule has 0 spiro atoms. The average Bonchev–Trinajstić information content (AvgIpc) is 2.60. The number of hydrogen-bond acceptors (Lipinski definition) is 1. The fourth-order valence-corrected chi connectivity index (χ4v) is 4.68. The predicted octanol–water partition coefficient (Wildman–Crippen LogP) is 4.29. The van der Waals surface area contributed by atoms with Crippen molar-refractivity contribution in [1.29, 1.82) is 0 Å². The SMILES string of the molecule is CCC1(c2ccsc2)C(CCl)C1(C)C. The van der Waals surface area contributed by atoms with Gasteiger partial charge >= 0.3 is 0 Å². The molecule has 2 heteroatoms. The van der Waals surface area contributed by atoms with Crippen molar-refractivity contribution in [2.45, 2.75) is 32.6 Å². The average molecular weight is 229 g/mol. The van der Waals surface area contributed by atoms with E-state index in [1.54, 1.807) is 11.3 Å². The molecule has 2 atom stereocenters. The lowest BCUT2D eigenvalue weighted by molar-refractivity contribution is 0.483. The lowest BCUT2D eigenvalue weighted by atomic mass is 9.87. The van der Waals surface area contributed by atoms with E-state index in [4.69, 9.17) is 11.6 Å². The van der Waals surface area contributed by atoms with Crippen LogP contribution in [0.5, 0.6) is 0 Å². The van der Waals surface area contributed by atoms with E-state index >= 15 is 0 Å². The van der Waals surface area contributed by atoms with Crippen molar-refractivity contribution in [3.63, 3.8) is 0 Å². The Morgan fingerprint density at radius 2 is 2.21 bits per heavy atom. The van der Waals surface area contributed by atoms with Crippen LogP contribution in [0.25, 0.3) is 0 Å². The summed E-state index contributed by atoms with van der Waals surface area (Å²) in [6.07, 6.45) is 1.20. The molecule has 1 heterocycles. The first-order chi connectivity index (χ1) is 6.61. The van der Waals surface area contributed by atoms with Crippen molar-refractivity contribution in [2.24, 2.45) is 11.3 Å². The smallest absolute Gasteiger partial charge is 0.0265 e. The molecule has 1 saturated carbocycles. The molecule has 78 valence electrons. The highest BCUT2D eigenvalue weighted by molar-refractivity contribution is 7.08. The van der Waals surface area contributed by atoms with Gasteiger partial charge in [-0.05, 0) is 40.1 Å². The minimum Gasteiger partial charge on any atom is -0.152 e. The van der Waals surface area contributed by atoms with Crippen LogP contribution < -0.4 is 0 Å². The Balaban J connectivity index is 2.39. The zero-order valence-corrected chi connectivity index (χ0v) is 10.6. The van der Waals surface area contributed by atoms with Crippen LogP contribution in [-0.4, -0.2) is 5.88 Å². The van der Waals surface area contributed by atoms with Gasteiger partial charge in [0.25, 0.3) is 0 Å². The summed E-state index contributed by atoms with van der Waals surface area (Å²) < 4.78 is 0. The summed E-state index contributed by atoms with van der Waals surface area (Å²) in [5.74, 6) is 1.44. The molecule has 14 heavy (non-hydrogen) atoms. The van der Waals surface area contributed by atoms with Crippen molar-refractivity contribution in [3.8, 4) is 0 Å². The Hall–Kier alpha value is -0.0100. The van der Waals surface area contributed by atoms with Gasteiger partial charge in [0, 0.05) is 11.3 Å². The van der Waals surface area contributed by atoms with Crippen LogP contribution in [0.15, 0.2) is 16.8 Å². The first-order valence-corrected chi connectivity index (χ1v) is 6.67.